The average Bonchev–Trinajstić information content (AvgIpc) is 2.40. The molecule has 2 N–H and O–H groups in total. The molecule has 100 valence electrons. The van der Waals surface area contributed by atoms with E-state index in [0.29, 0.717) is 0 Å². The topological polar surface area (TPSA) is 41.5 Å². The quantitative estimate of drug-likeness (QED) is 0.896. The molecule has 1 aliphatic rings. The highest BCUT2D eigenvalue weighted by Crippen LogP contribution is 2.34. The van der Waals surface area contributed by atoms with Gasteiger partial charge in [0.1, 0.15) is 5.75 Å². The minimum Gasteiger partial charge on any atom is -0.496 e. The number of aliphatic hydroxyl groups is 1. The van der Waals surface area contributed by atoms with Crippen LogP contribution in [0.1, 0.15) is 18.4 Å². The third-order valence-corrected chi connectivity index (χ3v) is 4.41. The van der Waals surface area contributed by atoms with Crippen LogP contribution in [-0.2, 0) is 6.42 Å². The summed E-state index contributed by atoms with van der Waals surface area (Å²) < 4.78 is 6.21. The minimum absolute atomic E-state index is 0.0410. The summed E-state index contributed by atoms with van der Waals surface area (Å²) in [7, 11) is 1.67. The molecule has 3 nitrogen and oxygen atoms in total. The van der Waals surface area contributed by atoms with Crippen molar-refractivity contribution in [1.29, 1.82) is 0 Å². The van der Waals surface area contributed by atoms with Gasteiger partial charge in [-0.2, -0.15) is 0 Å². The van der Waals surface area contributed by atoms with Crippen molar-refractivity contribution in [3.05, 3.63) is 28.2 Å². The largest absolute Gasteiger partial charge is 0.496 e. The van der Waals surface area contributed by atoms with E-state index >= 15 is 0 Å². The van der Waals surface area contributed by atoms with Crippen molar-refractivity contribution in [2.75, 3.05) is 26.8 Å². The molecule has 0 aromatic heterocycles. The molecule has 0 aliphatic carbocycles. The fourth-order valence-electron chi connectivity index (χ4n) is 2.60. The normalized spacial score (nSPS) is 18.6. The van der Waals surface area contributed by atoms with Crippen LogP contribution in [0.15, 0.2) is 22.7 Å². The highest BCUT2D eigenvalue weighted by molar-refractivity contribution is 9.10. The molecule has 1 saturated heterocycles. The van der Waals surface area contributed by atoms with Gasteiger partial charge in [-0.3, -0.25) is 0 Å². The van der Waals surface area contributed by atoms with E-state index in [1.807, 2.05) is 6.07 Å². The Kier molecular flexibility index (Phi) is 4.65. The zero-order chi connectivity index (χ0) is 13.0. The van der Waals surface area contributed by atoms with Crippen LogP contribution in [0.3, 0.4) is 0 Å². The Labute approximate surface area is 117 Å². The Hall–Kier alpha value is -0.580. The Morgan fingerprint density at radius 2 is 2.11 bits per heavy atom. The summed E-state index contributed by atoms with van der Waals surface area (Å²) in [6.45, 7) is 2.26. The van der Waals surface area contributed by atoms with Crippen LogP contribution < -0.4 is 10.1 Å². The fraction of sp³-hybridized carbons (Fsp3) is 0.571. The molecule has 1 aromatic carbocycles. The van der Waals surface area contributed by atoms with Crippen molar-refractivity contribution >= 4 is 15.9 Å². The van der Waals surface area contributed by atoms with E-state index in [-0.39, 0.29) is 12.0 Å². The van der Waals surface area contributed by atoms with Crippen molar-refractivity contribution in [1.82, 2.24) is 5.32 Å². The summed E-state index contributed by atoms with van der Waals surface area (Å²) in [6.07, 6.45) is 2.99. The first-order valence-corrected chi connectivity index (χ1v) is 7.12. The second kappa shape index (κ2) is 6.04. The van der Waals surface area contributed by atoms with Crippen LogP contribution in [0.4, 0.5) is 0 Å². The first-order chi connectivity index (χ1) is 8.69. The summed E-state index contributed by atoms with van der Waals surface area (Å²) in [5.74, 6) is 0.849. The Bertz CT molecular complexity index is 403. The van der Waals surface area contributed by atoms with E-state index in [4.69, 9.17) is 4.74 Å². The molecular weight excluding hydrogens is 294 g/mol. The molecule has 0 saturated carbocycles. The van der Waals surface area contributed by atoms with Crippen LogP contribution in [0.25, 0.3) is 0 Å². The highest BCUT2D eigenvalue weighted by atomic mass is 79.9. The third kappa shape index (κ3) is 3.05. The summed E-state index contributed by atoms with van der Waals surface area (Å²) in [5.41, 5.74) is 1.29. The molecule has 0 unspecified atom stereocenters. The monoisotopic (exact) mass is 313 g/mol. The van der Waals surface area contributed by atoms with Gasteiger partial charge in [0.25, 0.3) is 0 Å². The van der Waals surface area contributed by atoms with Crippen molar-refractivity contribution in [2.24, 2.45) is 5.41 Å². The van der Waals surface area contributed by atoms with Crippen molar-refractivity contribution in [3.63, 3.8) is 0 Å². The lowest BCUT2D eigenvalue weighted by molar-refractivity contribution is 0.0893. The number of methoxy groups -OCH3 is 1. The SMILES string of the molecule is COc1ccc(CC2(CO)CCNCC2)cc1Br. The summed E-state index contributed by atoms with van der Waals surface area (Å²) in [5, 5.41) is 13.1. The van der Waals surface area contributed by atoms with Crippen LogP contribution in [0.5, 0.6) is 5.75 Å². The van der Waals surface area contributed by atoms with Gasteiger partial charge in [-0.15, -0.1) is 0 Å². The van der Waals surface area contributed by atoms with Gasteiger partial charge >= 0.3 is 0 Å². The molecule has 0 amide bonds. The molecule has 2 rings (SSSR count). The van der Waals surface area contributed by atoms with Gasteiger partial charge < -0.3 is 15.2 Å². The smallest absolute Gasteiger partial charge is 0.133 e. The van der Waals surface area contributed by atoms with E-state index in [1.54, 1.807) is 7.11 Å². The predicted molar refractivity (Wildman–Crippen MR) is 76.0 cm³/mol. The lowest BCUT2D eigenvalue weighted by atomic mass is 9.75. The van der Waals surface area contributed by atoms with Gasteiger partial charge in [-0.1, -0.05) is 6.07 Å². The van der Waals surface area contributed by atoms with Gasteiger partial charge in [0.05, 0.1) is 11.6 Å². The standard InChI is InChI=1S/C14H20BrNO2/c1-18-13-3-2-11(8-12(13)15)9-14(10-17)4-6-16-7-5-14/h2-3,8,16-17H,4-7,9-10H2,1H3. The van der Waals surface area contributed by atoms with Crippen LogP contribution in [0.2, 0.25) is 0 Å². The Morgan fingerprint density at radius 3 is 2.67 bits per heavy atom. The Morgan fingerprint density at radius 1 is 1.39 bits per heavy atom. The van der Waals surface area contributed by atoms with Gasteiger partial charge in [0, 0.05) is 6.61 Å². The molecular formula is C14H20BrNO2. The van der Waals surface area contributed by atoms with E-state index in [9.17, 15) is 5.11 Å². The van der Waals surface area contributed by atoms with E-state index in [1.165, 1.54) is 5.56 Å². The number of ether oxygens (including phenoxy) is 1. The molecule has 0 atom stereocenters. The van der Waals surface area contributed by atoms with Crippen molar-refractivity contribution in [3.8, 4) is 5.75 Å². The molecule has 1 fully saturated rings. The Balaban J connectivity index is 2.14. The molecule has 18 heavy (non-hydrogen) atoms. The second-order valence-corrected chi connectivity index (χ2v) is 5.91. The van der Waals surface area contributed by atoms with Gasteiger partial charge in [0.2, 0.25) is 0 Å². The zero-order valence-electron chi connectivity index (χ0n) is 10.7. The first kappa shape index (κ1) is 13.8. The number of hydrogen-bond acceptors (Lipinski definition) is 3. The second-order valence-electron chi connectivity index (χ2n) is 5.05. The number of piperidine rings is 1. The molecule has 4 heteroatoms. The zero-order valence-corrected chi connectivity index (χ0v) is 12.3. The lowest BCUT2D eigenvalue weighted by Gasteiger charge is -2.36. The predicted octanol–water partition coefficient (Wildman–Crippen LogP) is 2.36. The number of benzene rings is 1. The summed E-state index contributed by atoms with van der Waals surface area (Å²) >= 11 is 3.51. The highest BCUT2D eigenvalue weighted by Gasteiger charge is 2.31. The molecule has 1 aliphatic heterocycles. The third-order valence-electron chi connectivity index (χ3n) is 3.79. The summed E-state index contributed by atoms with van der Waals surface area (Å²) in [6, 6.07) is 6.16. The first-order valence-electron chi connectivity index (χ1n) is 6.33. The molecule has 1 heterocycles. The molecule has 0 bridgehead atoms. The minimum atomic E-state index is 0.0410. The van der Waals surface area contributed by atoms with E-state index in [2.05, 4.69) is 33.4 Å². The van der Waals surface area contributed by atoms with E-state index in [0.717, 1.165) is 42.6 Å². The average molecular weight is 314 g/mol. The molecule has 1 aromatic rings. The van der Waals surface area contributed by atoms with Crippen molar-refractivity contribution < 1.29 is 9.84 Å². The van der Waals surface area contributed by atoms with Gasteiger partial charge in [0.15, 0.2) is 0 Å². The van der Waals surface area contributed by atoms with E-state index < -0.39 is 0 Å². The number of halogens is 1. The fourth-order valence-corrected chi connectivity index (χ4v) is 3.19. The number of aliphatic hydroxyl groups excluding tert-OH is 1. The van der Waals surface area contributed by atoms with Gasteiger partial charge in [-0.05, 0) is 71.4 Å². The van der Waals surface area contributed by atoms with Crippen LogP contribution in [-0.4, -0.2) is 31.9 Å². The van der Waals surface area contributed by atoms with Crippen LogP contribution in [0, 0.1) is 5.41 Å². The van der Waals surface area contributed by atoms with Crippen LogP contribution >= 0.6 is 15.9 Å². The molecule has 0 spiro atoms. The maximum atomic E-state index is 9.71. The van der Waals surface area contributed by atoms with Crippen molar-refractivity contribution in [2.45, 2.75) is 19.3 Å². The summed E-state index contributed by atoms with van der Waals surface area (Å²) in [4.78, 5) is 0. The maximum absolute atomic E-state index is 9.71. The number of nitrogens with one attached hydrogen (secondary N) is 1. The number of hydrogen-bond donors (Lipinski definition) is 2. The lowest BCUT2D eigenvalue weighted by Crippen LogP contribution is -2.40. The van der Waals surface area contributed by atoms with Gasteiger partial charge in [-0.25, -0.2) is 0 Å². The maximum Gasteiger partial charge on any atom is 0.133 e. The molecule has 0 radical (unpaired) electrons. The number of rotatable bonds is 4.